The molecule has 1 heterocycles. The maximum atomic E-state index is 12.4. The van der Waals surface area contributed by atoms with E-state index in [1.54, 1.807) is 37.3 Å². The number of fused-ring (bicyclic) bond motifs is 1. The van der Waals surface area contributed by atoms with Gasteiger partial charge in [-0.1, -0.05) is 0 Å². The van der Waals surface area contributed by atoms with Crippen LogP contribution in [0.4, 0.5) is 5.69 Å². The Morgan fingerprint density at radius 2 is 1.91 bits per heavy atom. The van der Waals surface area contributed by atoms with Gasteiger partial charge < -0.3 is 9.15 Å². The van der Waals surface area contributed by atoms with Crippen LogP contribution in [-0.2, 0) is 10.0 Å². The van der Waals surface area contributed by atoms with E-state index in [-0.39, 0.29) is 4.90 Å². The number of nitrogens with one attached hydrogen (secondary N) is 1. The number of rotatable bonds is 5. The SMILES string of the molecule is CCOc1ccc(S(=O)(=O)Nc2ccc3nc(C)oc3c2)cc1. The first-order chi connectivity index (χ1) is 11.0. The third-order valence-electron chi connectivity index (χ3n) is 3.19. The quantitative estimate of drug-likeness (QED) is 0.775. The molecule has 0 atom stereocenters. The molecule has 0 aliphatic heterocycles. The summed E-state index contributed by atoms with van der Waals surface area (Å²) in [6.45, 7) is 4.14. The van der Waals surface area contributed by atoms with Crippen LogP contribution in [0.5, 0.6) is 5.75 Å². The van der Waals surface area contributed by atoms with Crippen molar-refractivity contribution in [3.05, 3.63) is 48.4 Å². The van der Waals surface area contributed by atoms with E-state index in [4.69, 9.17) is 9.15 Å². The van der Waals surface area contributed by atoms with Gasteiger partial charge in [0, 0.05) is 13.0 Å². The van der Waals surface area contributed by atoms with E-state index >= 15 is 0 Å². The molecule has 1 aromatic heterocycles. The molecule has 1 N–H and O–H groups in total. The van der Waals surface area contributed by atoms with E-state index in [2.05, 4.69) is 9.71 Å². The summed E-state index contributed by atoms with van der Waals surface area (Å²) in [6, 6.07) is 11.2. The van der Waals surface area contributed by atoms with Crippen molar-refractivity contribution in [1.82, 2.24) is 4.98 Å². The number of nitrogens with zero attached hydrogens (tertiary/aromatic N) is 1. The lowest BCUT2D eigenvalue weighted by molar-refractivity contribution is 0.340. The molecular formula is C16H16N2O4S. The minimum Gasteiger partial charge on any atom is -0.494 e. The number of sulfonamides is 1. The fraction of sp³-hybridized carbons (Fsp3) is 0.188. The van der Waals surface area contributed by atoms with Gasteiger partial charge in [0.05, 0.1) is 17.2 Å². The lowest BCUT2D eigenvalue weighted by Crippen LogP contribution is -2.12. The lowest BCUT2D eigenvalue weighted by atomic mass is 10.3. The number of benzene rings is 2. The zero-order chi connectivity index (χ0) is 16.4. The van der Waals surface area contributed by atoms with E-state index < -0.39 is 10.0 Å². The maximum absolute atomic E-state index is 12.4. The van der Waals surface area contributed by atoms with Crippen molar-refractivity contribution in [2.24, 2.45) is 0 Å². The molecule has 0 saturated carbocycles. The van der Waals surface area contributed by atoms with Crippen molar-refractivity contribution < 1.29 is 17.6 Å². The standard InChI is InChI=1S/C16H16N2O4S/c1-3-21-13-5-7-14(8-6-13)23(19,20)18-12-4-9-15-16(10-12)22-11(2)17-15/h4-10,18H,3H2,1-2H3. The van der Waals surface area contributed by atoms with Crippen LogP contribution in [0.2, 0.25) is 0 Å². The molecule has 0 aliphatic carbocycles. The summed E-state index contributed by atoms with van der Waals surface area (Å²) < 4.78 is 38.1. The highest BCUT2D eigenvalue weighted by Gasteiger charge is 2.15. The second kappa shape index (κ2) is 5.92. The van der Waals surface area contributed by atoms with Gasteiger partial charge in [-0.15, -0.1) is 0 Å². The Kier molecular flexibility index (Phi) is 3.96. The van der Waals surface area contributed by atoms with E-state index in [0.29, 0.717) is 35.0 Å². The van der Waals surface area contributed by atoms with Gasteiger partial charge in [-0.05, 0) is 43.3 Å². The Morgan fingerprint density at radius 1 is 1.17 bits per heavy atom. The summed E-state index contributed by atoms with van der Waals surface area (Å²) in [5.41, 5.74) is 1.64. The van der Waals surface area contributed by atoms with Crippen molar-refractivity contribution in [1.29, 1.82) is 0 Å². The average Bonchev–Trinajstić information content (AvgIpc) is 2.87. The molecule has 0 saturated heterocycles. The molecule has 0 bridgehead atoms. The van der Waals surface area contributed by atoms with Gasteiger partial charge in [0.15, 0.2) is 11.5 Å². The molecule has 6 nitrogen and oxygen atoms in total. The number of anilines is 1. The lowest BCUT2D eigenvalue weighted by Gasteiger charge is -2.09. The van der Waals surface area contributed by atoms with Gasteiger partial charge >= 0.3 is 0 Å². The Balaban J connectivity index is 1.86. The highest BCUT2D eigenvalue weighted by molar-refractivity contribution is 7.92. The molecule has 0 aliphatic rings. The molecule has 120 valence electrons. The van der Waals surface area contributed by atoms with Crippen LogP contribution in [0.25, 0.3) is 11.1 Å². The first kappa shape index (κ1) is 15.4. The summed E-state index contributed by atoms with van der Waals surface area (Å²) in [6.07, 6.45) is 0. The molecule has 3 aromatic rings. The van der Waals surface area contributed by atoms with Gasteiger partial charge in [-0.3, -0.25) is 4.72 Å². The number of aryl methyl sites for hydroxylation is 1. The van der Waals surface area contributed by atoms with Crippen molar-refractivity contribution in [3.8, 4) is 5.75 Å². The third kappa shape index (κ3) is 3.29. The summed E-state index contributed by atoms with van der Waals surface area (Å²) in [5.74, 6) is 1.16. The molecule has 0 fully saturated rings. The average molecular weight is 332 g/mol. The minimum absolute atomic E-state index is 0.162. The monoisotopic (exact) mass is 332 g/mol. The molecule has 2 aromatic carbocycles. The molecule has 23 heavy (non-hydrogen) atoms. The van der Waals surface area contributed by atoms with Gasteiger partial charge in [0.25, 0.3) is 10.0 Å². The number of hydrogen-bond acceptors (Lipinski definition) is 5. The smallest absolute Gasteiger partial charge is 0.261 e. The summed E-state index contributed by atoms with van der Waals surface area (Å²) in [5, 5.41) is 0. The first-order valence-electron chi connectivity index (χ1n) is 7.11. The summed E-state index contributed by atoms with van der Waals surface area (Å²) in [7, 11) is -3.67. The second-order valence-electron chi connectivity index (χ2n) is 4.93. The van der Waals surface area contributed by atoms with E-state index in [1.807, 2.05) is 6.92 Å². The van der Waals surface area contributed by atoms with Gasteiger partial charge in [0.1, 0.15) is 11.3 Å². The molecule has 0 spiro atoms. The van der Waals surface area contributed by atoms with E-state index in [0.717, 1.165) is 0 Å². The Labute approximate surface area is 134 Å². The van der Waals surface area contributed by atoms with Crippen LogP contribution in [0.15, 0.2) is 51.8 Å². The fourth-order valence-electron chi connectivity index (χ4n) is 2.20. The molecule has 0 radical (unpaired) electrons. The predicted octanol–water partition coefficient (Wildman–Crippen LogP) is 3.34. The Bertz CT molecular complexity index is 930. The van der Waals surface area contributed by atoms with Crippen LogP contribution in [0.3, 0.4) is 0 Å². The van der Waals surface area contributed by atoms with Crippen LogP contribution in [0, 0.1) is 6.92 Å². The molecule has 7 heteroatoms. The molecule has 0 unspecified atom stereocenters. The predicted molar refractivity (Wildman–Crippen MR) is 87.2 cm³/mol. The number of hydrogen-bond donors (Lipinski definition) is 1. The second-order valence-corrected chi connectivity index (χ2v) is 6.61. The normalized spacial score (nSPS) is 11.6. The number of oxazole rings is 1. The highest BCUT2D eigenvalue weighted by Crippen LogP contribution is 2.23. The molecular weight excluding hydrogens is 316 g/mol. The minimum atomic E-state index is -3.67. The van der Waals surface area contributed by atoms with Gasteiger partial charge in [-0.25, -0.2) is 13.4 Å². The maximum Gasteiger partial charge on any atom is 0.261 e. The highest BCUT2D eigenvalue weighted by atomic mass is 32.2. The van der Waals surface area contributed by atoms with E-state index in [9.17, 15) is 8.42 Å². The molecule has 3 rings (SSSR count). The van der Waals surface area contributed by atoms with E-state index in [1.165, 1.54) is 12.1 Å². The van der Waals surface area contributed by atoms with Crippen molar-refractivity contribution >= 4 is 26.8 Å². The largest absolute Gasteiger partial charge is 0.494 e. The van der Waals surface area contributed by atoms with Crippen LogP contribution in [0.1, 0.15) is 12.8 Å². The zero-order valence-electron chi connectivity index (χ0n) is 12.7. The molecule has 0 amide bonds. The number of ether oxygens (including phenoxy) is 1. The van der Waals surface area contributed by atoms with Crippen molar-refractivity contribution in [2.45, 2.75) is 18.7 Å². The van der Waals surface area contributed by atoms with Gasteiger partial charge in [0.2, 0.25) is 0 Å². The van der Waals surface area contributed by atoms with Crippen LogP contribution >= 0.6 is 0 Å². The van der Waals surface area contributed by atoms with Crippen molar-refractivity contribution in [2.75, 3.05) is 11.3 Å². The summed E-state index contributed by atoms with van der Waals surface area (Å²) in [4.78, 5) is 4.34. The Morgan fingerprint density at radius 3 is 2.61 bits per heavy atom. The van der Waals surface area contributed by atoms with Crippen LogP contribution in [-0.4, -0.2) is 20.0 Å². The van der Waals surface area contributed by atoms with Crippen molar-refractivity contribution in [3.63, 3.8) is 0 Å². The first-order valence-corrected chi connectivity index (χ1v) is 8.59. The topological polar surface area (TPSA) is 81.4 Å². The van der Waals surface area contributed by atoms with Crippen LogP contribution < -0.4 is 9.46 Å². The van der Waals surface area contributed by atoms with Gasteiger partial charge in [-0.2, -0.15) is 0 Å². The third-order valence-corrected chi connectivity index (χ3v) is 4.59. The number of aromatic nitrogens is 1. The summed E-state index contributed by atoms with van der Waals surface area (Å²) >= 11 is 0. The zero-order valence-corrected chi connectivity index (χ0v) is 13.6. The fourth-order valence-corrected chi connectivity index (χ4v) is 3.25. The Hall–Kier alpha value is -2.54.